The fourth-order valence-corrected chi connectivity index (χ4v) is 4.23. The van der Waals surface area contributed by atoms with Crippen LogP contribution in [0.2, 0.25) is 0 Å². The van der Waals surface area contributed by atoms with Gasteiger partial charge < -0.3 is 15.5 Å². The van der Waals surface area contributed by atoms with Gasteiger partial charge in [0.2, 0.25) is 0 Å². The monoisotopic (exact) mass is 558 g/mol. The number of likely N-dealkylation sites (N-methyl/N-ethyl adjacent to an activating group) is 1. The highest BCUT2D eigenvalue weighted by atomic mass is 127. The van der Waals surface area contributed by atoms with E-state index in [9.17, 15) is 8.42 Å². The highest BCUT2D eigenvalue weighted by Crippen LogP contribution is 2.17. The lowest BCUT2D eigenvalue weighted by Crippen LogP contribution is -2.46. The van der Waals surface area contributed by atoms with E-state index < -0.39 is 9.84 Å². The second-order valence-corrected chi connectivity index (χ2v) is 9.74. The Labute approximate surface area is 204 Å². The molecule has 2 aromatic carbocycles. The summed E-state index contributed by atoms with van der Waals surface area (Å²) < 4.78 is 23.6. The molecule has 31 heavy (non-hydrogen) atoms. The lowest BCUT2D eigenvalue weighted by Gasteiger charge is -2.25. The fraction of sp³-hybridized carbons (Fsp3) is 0.435. The van der Waals surface area contributed by atoms with E-state index in [1.54, 1.807) is 6.07 Å². The van der Waals surface area contributed by atoms with Gasteiger partial charge in [-0.2, -0.15) is 0 Å². The van der Waals surface area contributed by atoms with Gasteiger partial charge in [-0.1, -0.05) is 42.5 Å². The minimum atomic E-state index is -3.21. The number of rotatable bonds is 9. The quantitative estimate of drug-likeness (QED) is 0.281. The van der Waals surface area contributed by atoms with Gasteiger partial charge in [0, 0.05) is 25.4 Å². The van der Waals surface area contributed by atoms with E-state index in [-0.39, 0.29) is 24.0 Å². The normalized spacial score (nSPS) is 12.9. The van der Waals surface area contributed by atoms with Crippen molar-refractivity contribution in [2.24, 2.45) is 4.99 Å². The summed E-state index contributed by atoms with van der Waals surface area (Å²) >= 11 is 0. The summed E-state index contributed by atoms with van der Waals surface area (Å²) in [5.41, 5.74) is 3.03. The van der Waals surface area contributed by atoms with Gasteiger partial charge in [-0.05, 0) is 57.1 Å². The number of hydrogen-bond acceptors (Lipinski definition) is 4. The molecule has 0 heterocycles. The molecule has 2 rings (SSSR count). The van der Waals surface area contributed by atoms with Gasteiger partial charge in [0.25, 0.3) is 0 Å². The van der Waals surface area contributed by atoms with E-state index in [1.165, 1.54) is 11.8 Å². The van der Waals surface area contributed by atoms with Crippen LogP contribution in [-0.2, 0) is 22.8 Å². The van der Waals surface area contributed by atoms with E-state index in [1.807, 2.05) is 32.0 Å². The molecule has 0 aliphatic rings. The Morgan fingerprint density at radius 2 is 1.74 bits per heavy atom. The van der Waals surface area contributed by atoms with E-state index in [0.717, 1.165) is 36.6 Å². The third kappa shape index (κ3) is 9.16. The van der Waals surface area contributed by atoms with Crippen LogP contribution in [0, 0.1) is 6.92 Å². The standard InChI is InChI=1S/C23H34N4O2S.HI/c1-6-24-23(25-16-20-12-13-22(18(2)14-20)30(5,28)29)26-17-21(27(3)4)15-19-10-8-7-9-11-19;/h7-14,21H,6,15-17H2,1-5H3,(H2,24,25,26);1H. The third-order valence-electron chi connectivity index (χ3n) is 4.95. The lowest BCUT2D eigenvalue weighted by atomic mass is 10.1. The summed E-state index contributed by atoms with van der Waals surface area (Å²) in [6.45, 7) is 5.86. The molecule has 1 atom stereocenters. The molecule has 0 saturated heterocycles. The van der Waals surface area contributed by atoms with Crippen molar-refractivity contribution in [2.45, 2.75) is 37.8 Å². The van der Waals surface area contributed by atoms with Crippen LogP contribution in [0.5, 0.6) is 0 Å². The minimum absolute atomic E-state index is 0. The summed E-state index contributed by atoms with van der Waals surface area (Å²) in [7, 11) is 0.970. The predicted octanol–water partition coefficient (Wildman–Crippen LogP) is 3.24. The highest BCUT2D eigenvalue weighted by Gasteiger charge is 2.13. The van der Waals surface area contributed by atoms with Gasteiger partial charge in [0.1, 0.15) is 0 Å². The summed E-state index contributed by atoms with van der Waals surface area (Å²) in [5.74, 6) is 0.752. The Kier molecular flexibility index (Phi) is 11.5. The number of hydrogen-bond donors (Lipinski definition) is 2. The molecular formula is C23H35IN4O2S. The van der Waals surface area contributed by atoms with Crippen molar-refractivity contribution in [3.8, 4) is 0 Å². The van der Waals surface area contributed by atoms with Crippen LogP contribution in [0.1, 0.15) is 23.6 Å². The van der Waals surface area contributed by atoms with E-state index in [4.69, 9.17) is 0 Å². The van der Waals surface area contributed by atoms with Crippen molar-refractivity contribution in [3.05, 3.63) is 65.2 Å². The molecule has 0 spiro atoms. The van der Waals surface area contributed by atoms with Gasteiger partial charge in [-0.15, -0.1) is 24.0 Å². The van der Waals surface area contributed by atoms with Gasteiger partial charge in [0.05, 0.1) is 11.4 Å². The zero-order chi connectivity index (χ0) is 22.1. The molecule has 0 fully saturated rings. The third-order valence-corrected chi connectivity index (χ3v) is 6.21. The number of sulfone groups is 1. The summed E-state index contributed by atoms with van der Waals surface area (Å²) in [6.07, 6.45) is 2.18. The first kappa shape index (κ1) is 27.4. The van der Waals surface area contributed by atoms with Crippen LogP contribution in [0.15, 0.2) is 58.4 Å². The molecule has 0 aliphatic carbocycles. The average Bonchev–Trinajstić information content (AvgIpc) is 2.68. The minimum Gasteiger partial charge on any atom is -0.357 e. The van der Waals surface area contributed by atoms with Crippen LogP contribution in [0.25, 0.3) is 0 Å². The maximum atomic E-state index is 11.8. The molecule has 0 amide bonds. The zero-order valence-corrected chi connectivity index (χ0v) is 22.2. The smallest absolute Gasteiger partial charge is 0.191 e. The predicted molar refractivity (Wildman–Crippen MR) is 140 cm³/mol. The first-order chi connectivity index (χ1) is 14.2. The van der Waals surface area contributed by atoms with Crippen molar-refractivity contribution < 1.29 is 8.42 Å². The number of benzene rings is 2. The first-order valence-electron chi connectivity index (χ1n) is 10.2. The molecule has 0 bridgehead atoms. The number of guanidine groups is 1. The Balaban J connectivity index is 0.00000480. The molecule has 8 heteroatoms. The van der Waals surface area contributed by atoms with Gasteiger partial charge in [0.15, 0.2) is 15.8 Å². The second-order valence-electron chi connectivity index (χ2n) is 7.76. The van der Waals surface area contributed by atoms with Crippen molar-refractivity contribution in [1.82, 2.24) is 15.5 Å². The summed E-state index contributed by atoms with van der Waals surface area (Å²) in [5, 5.41) is 6.73. The molecular weight excluding hydrogens is 523 g/mol. The van der Waals surface area contributed by atoms with E-state index in [0.29, 0.717) is 17.5 Å². The Morgan fingerprint density at radius 3 is 2.29 bits per heavy atom. The molecule has 0 saturated carbocycles. The Morgan fingerprint density at radius 1 is 1.06 bits per heavy atom. The molecule has 0 aromatic heterocycles. The maximum absolute atomic E-state index is 11.8. The van der Waals surface area contributed by atoms with Crippen molar-refractivity contribution in [2.75, 3.05) is 33.4 Å². The second kappa shape index (κ2) is 13.0. The van der Waals surface area contributed by atoms with Crippen LogP contribution < -0.4 is 10.6 Å². The van der Waals surface area contributed by atoms with Crippen LogP contribution >= 0.6 is 24.0 Å². The van der Waals surface area contributed by atoms with Gasteiger partial charge in [-0.25, -0.2) is 13.4 Å². The van der Waals surface area contributed by atoms with Crippen LogP contribution in [0.3, 0.4) is 0 Å². The maximum Gasteiger partial charge on any atom is 0.191 e. The SMILES string of the molecule is CCNC(=NCc1ccc(S(C)(=O)=O)c(C)c1)NCC(Cc1ccccc1)N(C)C.I. The van der Waals surface area contributed by atoms with E-state index >= 15 is 0 Å². The Bertz CT molecular complexity index is 947. The van der Waals surface area contributed by atoms with Gasteiger partial charge in [-0.3, -0.25) is 0 Å². The van der Waals surface area contributed by atoms with Crippen LogP contribution in [-0.4, -0.2) is 58.8 Å². The lowest BCUT2D eigenvalue weighted by molar-refractivity contribution is 0.290. The largest absolute Gasteiger partial charge is 0.357 e. The van der Waals surface area contributed by atoms with Crippen molar-refractivity contribution in [1.29, 1.82) is 0 Å². The molecule has 0 aliphatic heterocycles. The number of aryl methyl sites for hydroxylation is 1. The molecule has 2 aromatic rings. The van der Waals surface area contributed by atoms with Gasteiger partial charge >= 0.3 is 0 Å². The molecule has 172 valence electrons. The first-order valence-corrected chi connectivity index (χ1v) is 12.1. The summed E-state index contributed by atoms with van der Waals surface area (Å²) in [4.78, 5) is 7.27. The fourth-order valence-electron chi connectivity index (χ4n) is 3.28. The van der Waals surface area contributed by atoms with Crippen molar-refractivity contribution >= 4 is 39.8 Å². The van der Waals surface area contributed by atoms with Crippen molar-refractivity contribution in [3.63, 3.8) is 0 Å². The van der Waals surface area contributed by atoms with Crippen LogP contribution in [0.4, 0.5) is 0 Å². The molecule has 2 N–H and O–H groups in total. The average molecular weight is 559 g/mol. The highest BCUT2D eigenvalue weighted by molar-refractivity contribution is 14.0. The molecule has 1 unspecified atom stereocenters. The number of aliphatic imine (C=N–C) groups is 1. The number of nitrogens with zero attached hydrogens (tertiary/aromatic N) is 2. The summed E-state index contributed by atoms with van der Waals surface area (Å²) in [6, 6.07) is 16.2. The zero-order valence-electron chi connectivity index (χ0n) is 19.1. The van der Waals surface area contributed by atoms with E-state index in [2.05, 4.69) is 58.9 Å². The number of nitrogens with one attached hydrogen (secondary N) is 2. The number of halogens is 1. The Hall–Kier alpha value is -1.65. The molecule has 6 nitrogen and oxygen atoms in total. The molecule has 0 radical (unpaired) electrons. The topological polar surface area (TPSA) is 73.8 Å².